The van der Waals surface area contributed by atoms with Gasteiger partial charge in [0.1, 0.15) is 0 Å². The molecule has 3 heteroatoms. The minimum Gasteiger partial charge on any atom is -0.380 e. The van der Waals surface area contributed by atoms with Crippen molar-refractivity contribution in [3.05, 3.63) is 35.4 Å². The molecule has 1 aromatic carbocycles. The average Bonchev–Trinajstić information content (AvgIpc) is 2.42. The van der Waals surface area contributed by atoms with Gasteiger partial charge < -0.3 is 10.5 Å². The smallest absolute Gasteiger partial charge is 0.0593 e. The van der Waals surface area contributed by atoms with Crippen LogP contribution < -0.4 is 5.73 Å². The largest absolute Gasteiger partial charge is 0.380 e. The van der Waals surface area contributed by atoms with Crippen molar-refractivity contribution in [2.24, 2.45) is 5.73 Å². The quantitative estimate of drug-likeness (QED) is 0.780. The van der Waals surface area contributed by atoms with Crippen molar-refractivity contribution in [1.82, 2.24) is 4.90 Å². The summed E-state index contributed by atoms with van der Waals surface area (Å²) in [5.41, 5.74) is 8.80. The maximum Gasteiger partial charge on any atom is 0.0593 e. The van der Waals surface area contributed by atoms with Gasteiger partial charge in [-0.2, -0.15) is 0 Å². The Bertz CT molecular complexity index is 367. The molecule has 100 valence electrons. The number of ether oxygens (including phenoxy) is 1. The molecule has 0 aliphatic carbocycles. The van der Waals surface area contributed by atoms with Gasteiger partial charge in [-0.15, -0.1) is 0 Å². The summed E-state index contributed by atoms with van der Waals surface area (Å²) in [7, 11) is 0. The molecule has 3 nitrogen and oxygen atoms in total. The topological polar surface area (TPSA) is 38.5 Å². The first-order chi connectivity index (χ1) is 8.85. The second-order valence-electron chi connectivity index (χ2n) is 4.95. The van der Waals surface area contributed by atoms with Gasteiger partial charge >= 0.3 is 0 Å². The first-order valence-corrected chi connectivity index (χ1v) is 6.93. The Hall–Kier alpha value is -0.900. The van der Waals surface area contributed by atoms with Crippen molar-refractivity contribution in [3.63, 3.8) is 0 Å². The summed E-state index contributed by atoms with van der Waals surface area (Å²) in [6, 6.07) is 9.15. The predicted molar refractivity (Wildman–Crippen MR) is 74.5 cm³/mol. The third-order valence-corrected chi connectivity index (χ3v) is 3.61. The third-order valence-electron chi connectivity index (χ3n) is 3.61. The third kappa shape index (κ3) is 3.31. The highest BCUT2D eigenvalue weighted by molar-refractivity contribution is 5.30. The molecule has 1 aliphatic rings. The van der Waals surface area contributed by atoms with Crippen LogP contribution in [0.25, 0.3) is 0 Å². The van der Waals surface area contributed by atoms with Gasteiger partial charge in [-0.3, -0.25) is 4.90 Å². The van der Waals surface area contributed by atoms with Crippen LogP contribution in [0.3, 0.4) is 0 Å². The Morgan fingerprint density at radius 1 is 1.28 bits per heavy atom. The number of rotatable bonds is 6. The molecule has 18 heavy (non-hydrogen) atoms. The highest BCUT2D eigenvalue weighted by atomic mass is 16.5. The summed E-state index contributed by atoms with van der Waals surface area (Å²) in [5.74, 6) is 0. The van der Waals surface area contributed by atoms with Crippen LogP contribution in [0.1, 0.15) is 24.5 Å². The zero-order chi connectivity index (χ0) is 12.8. The molecule has 1 unspecified atom stereocenters. The average molecular weight is 248 g/mol. The van der Waals surface area contributed by atoms with Crippen molar-refractivity contribution < 1.29 is 4.74 Å². The maximum absolute atomic E-state index is 5.90. The lowest BCUT2D eigenvalue weighted by Crippen LogP contribution is -2.46. The highest BCUT2D eigenvalue weighted by Gasteiger charge is 2.24. The second-order valence-corrected chi connectivity index (χ2v) is 4.95. The molecule has 0 spiro atoms. The van der Waals surface area contributed by atoms with Crippen LogP contribution in [0.5, 0.6) is 0 Å². The summed E-state index contributed by atoms with van der Waals surface area (Å²) in [6.07, 6.45) is 2.16. The van der Waals surface area contributed by atoms with Crippen molar-refractivity contribution >= 4 is 0 Å². The molecule has 0 bridgehead atoms. The molecule has 0 saturated carbocycles. The fourth-order valence-electron chi connectivity index (χ4n) is 2.56. The van der Waals surface area contributed by atoms with Gasteiger partial charge in [-0.1, -0.05) is 31.2 Å². The van der Waals surface area contributed by atoms with E-state index in [1.165, 1.54) is 11.1 Å². The zero-order valence-corrected chi connectivity index (χ0v) is 11.3. The number of nitrogens with two attached hydrogens (primary N) is 1. The predicted octanol–water partition coefficient (Wildman–Crippen LogP) is 1.80. The Morgan fingerprint density at radius 2 is 2.06 bits per heavy atom. The van der Waals surface area contributed by atoms with Crippen molar-refractivity contribution in [2.75, 3.05) is 26.3 Å². The van der Waals surface area contributed by atoms with E-state index in [0.717, 1.165) is 45.7 Å². The minimum absolute atomic E-state index is 0.463. The number of nitrogens with zero attached hydrogens (tertiary/aromatic N) is 1. The first kappa shape index (κ1) is 13.5. The number of hydrogen-bond donors (Lipinski definition) is 1. The van der Waals surface area contributed by atoms with Crippen molar-refractivity contribution in [1.29, 1.82) is 0 Å². The number of benzene rings is 1. The van der Waals surface area contributed by atoms with E-state index in [1.807, 2.05) is 0 Å². The van der Waals surface area contributed by atoms with Crippen LogP contribution in [0.2, 0.25) is 0 Å². The van der Waals surface area contributed by atoms with Gasteiger partial charge in [0.05, 0.1) is 6.61 Å². The Morgan fingerprint density at radius 3 is 2.78 bits per heavy atom. The monoisotopic (exact) mass is 248 g/mol. The van der Waals surface area contributed by atoms with Gasteiger partial charge in [0.2, 0.25) is 0 Å². The van der Waals surface area contributed by atoms with E-state index in [4.69, 9.17) is 10.5 Å². The summed E-state index contributed by atoms with van der Waals surface area (Å²) in [4.78, 5) is 2.46. The molecule has 1 aliphatic heterocycles. The molecular weight excluding hydrogens is 224 g/mol. The van der Waals surface area contributed by atoms with Crippen LogP contribution in [0.4, 0.5) is 0 Å². The molecule has 0 saturated heterocycles. The van der Waals surface area contributed by atoms with E-state index in [-0.39, 0.29) is 0 Å². The van der Waals surface area contributed by atoms with Gasteiger partial charge in [-0.25, -0.2) is 0 Å². The lowest BCUT2D eigenvalue weighted by Gasteiger charge is -2.36. The Kier molecular flexibility index (Phi) is 5.17. The van der Waals surface area contributed by atoms with Gasteiger partial charge in [-0.05, 0) is 24.0 Å². The maximum atomic E-state index is 5.90. The summed E-state index contributed by atoms with van der Waals surface area (Å²) < 4.78 is 5.58. The van der Waals surface area contributed by atoms with Crippen LogP contribution in [0, 0.1) is 0 Å². The molecule has 0 fully saturated rings. The van der Waals surface area contributed by atoms with Crippen LogP contribution in [-0.2, 0) is 17.7 Å². The van der Waals surface area contributed by atoms with Gasteiger partial charge in [0, 0.05) is 32.3 Å². The second kappa shape index (κ2) is 6.88. The molecule has 2 N–H and O–H groups in total. The fourth-order valence-corrected chi connectivity index (χ4v) is 2.56. The molecule has 2 rings (SSSR count). The standard InChI is InChI=1S/C15H24N2O/c1-2-8-18-9-7-17-12-14-6-4-3-5-13(14)10-15(17)11-16/h3-6,15H,2,7-12,16H2,1H3. The van der Waals surface area contributed by atoms with Gasteiger partial charge in [0.15, 0.2) is 0 Å². The molecular formula is C15H24N2O. The summed E-state index contributed by atoms with van der Waals surface area (Å²) in [6.45, 7) is 6.52. The summed E-state index contributed by atoms with van der Waals surface area (Å²) in [5, 5.41) is 0. The van der Waals surface area contributed by atoms with E-state index >= 15 is 0 Å². The lowest BCUT2D eigenvalue weighted by atomic mass is 9.94. The SMILES string of the molecule is CCCOCCN1Cc2ccccc2CC1CN. The Balaban J connectivity index is 1.94. The van der Waals surface area contributed by atoms with Crippen LogP contribution in [0.15, 0.2) is 24.3 Å². The molecule has 0 radical (unpaired) electrons. The van der Waals surface area contributed by atoms with Crippen molar-refractivity contribution in [3.8, 4) is 0 Å². The molecule has 1 heterocycles. The van der Waals surface area contributed by atoms with Crippen molar-refractivity contribution in [2.45, 2.75) is 32.4 Å². The van der Waals surface area contributed by atoms with Gasteiger partial charge in [0.25, 0.3) is 0 Å². The minimum atomic E-state index is 0.463. The summed E-state index contributed by atoms with van der Waals surface area (Å²) >= 11 is 0. The molecule has 1 atom stereocenters. The highest BCUT2D eigenvalue weighted by Crippen LogP contribution is 2.22. The zero-order valence-electron chi connectivity index (χ0n) is 11.3. The molecule has 0 amide bonds. The number of fused-ring (bicyclic) bond motifs is 1. The van der Waals surface area contributed by atoms with E-state index in [1.54, 1.807) is 0 Å². The van der Waals surface area contributed by atoms with Crippen LogP contribution in [-0.4, -0.2) is 37.2 Å². The lowest BCUT2D eigenvalue weighted by molar-refractivity contribution is 0.0801. The van der Waals surface area contributed by atoms with E-state index in [0.29, 0.717) is 6.04 Å². The normalized spacial score (nSPS) is 19.8. The van der Waals surface area contributed by atoms with E-state index < -0.39 is 0 Å². The van der Waals surface area contributed by atoms with E-state index in [2.05, 4.69) is 36.1 Å². The number of hydrogen-bond acceptors (Lipinski definition) is 3. The first-order valence-electron chi connectivity index (χ1n) is 6.93. The molecule has 0 aromatic heterocycles. The van der Waals surface area contributed by atoms with Crippen LogP contribution >= 0.6 is 0 Å². The fraction of sp³-hybridized carbons (Fsp3) is 0.600. The Labute approximate surface area is 110 Å². The molecule has 1 aromatic rings. The van der Waals surface area contributed by atoms with E-state index in [9.17, 15) is 0 Å².